The second kappa shape index (κ2) is 10.8. The van der Waals surface area contributed by atoms with E-state index in [-0.39, 0.29) is 13.2 Å². The highest BCUT2D eigenvalue weighted by Crippen LogP contribution is 2.25. The van der Waals surface area contributed by atoms with E-state index >= 15 is 0 Å². The lowest BCUT2D eigenvalue weighted by atomic mass is 10.2. The summed E-state index contributed by atoms with van der Waals surface area (Å²) >= 11 is 0. The van der Waals surface area contributed by atoms with E-state index < -0.39 is 17.5 Å². The van der Waals surface area contributed by atoms with Crippen LogP contribution in [-0.4, -0.2) is 44.0 Å². The van der Waals surface area contributed by atoms with Crippen LogP contribution in [0.2, 0.25) is 0 Å². The van der Waals surface area contributed by atoms with Crippen LogP contribution in [0.15, 0.2) is 53.6 Å². The Labute approximate surface area is 175 Å². The van der Waals surface area contributed by atoms with E-state index in [0.29, 0.717) is 17.2 Å². The molecule has 0 atom stereocenters. The minimum Gasteiger partial charge on any atom is -0.493 e. The van der Waals surface area contributed by atoms with E-state index in [1.54, 1.807) is 63.2 Å². The molecule has 2 aromatic carbocycles. The van der Waals surface area contributed by atoms with Crippen LogP contribution in [0.5, 0.6) is 17.2 Å². The van der Waals surface area contributed by atoms with Crippen LogP contribution in [-0.2, 0) is 14.3 Å². The van der Waals surface area contributed by atoms with Gasteiger partial charge in [-0.25, -0.2) is 10.2 Å². The number of amides is 1. The van der Waals surface area contributed by atoms with Crippen molar-refractivity contribution in [2.75, 3.05) is 20.3 Å². The van der Waals surface area contributed by atoms with Gasteiger partial charge < -0.3 is 18.9 Å². The maximum Gasteiger partial charge on any atom is 0.344 e. The van der Waals surface area contributed by atoms with Gasteiger partial charge in [-0.05, 0) is 62.7 Å². The van der Waals surface area contributed by atoms with Crippen molar-refractivity contribution in [3.8, 4) is 17.2 Å². The van der Waals surface area contributed by atoms with Gasteiger partial charge >= 0.3 is 5.97 Å². The number of carbonyl (C=O) groups is 2. The monoisotopic (exact) mass is 414 g/mol. The maximum atomic E-state index is 11.9. The normalized spacial score (nSPS) is 11.1. The van der Waals surface area contributed by atoms with E-state index in [2.05, 4.69) is 10.5 Å². The lowest BCUT2D eigenvalue weighted by Gasteiger charge is -2.19. The zero-order chi connectivity index (χ0) is 22.0. The molecule has 0 saturated heterocycles. The minimum absolute atomic E-state index is 0.174. The van der Waals surface area contributed by atoms with Crippen LogP contribution in [0.25, 0.3) is 0 Å². The Morgan fingerprint density at radius 2 is 1.63 bits per heavy atom. The average molecular weight is 414 g/mol. The third-order valence-electron chi connectivity index (χ3n) is 3.49. The zero-order valence-electron chi connectivity index (χ0n) is 17.5. The van der Waals surface area contributed by atoms with Crippen molar-refractivity contribution < 1.29 is 28.5 Å². The molecule has 2 rings (SSSR count). The Morgan fingerprint density at radius 1 is 0.967 bits per heavy atom. The van der Waals surface area contributed by atoms with Crippen LogP contribution < -0.4 is 19.6 Å². The van der Waals surface area contributed by atoms with Gasteiger partial charge in [0.1, 0.15) is 11.4 Å². The van der Waals surface area contributed by atoms with E-state index in [4.69, 9.17) is 18.9 Å². The summed E-state index contributed by atoms with van der Waals surface area (Å²) in [5, 5.41) is 3.89. The molecule has 1 amide bonds. The predicted octanol–water partition coefficient (Wildman–Crippen LogP) is 2.94. The molecule has 8 nitrogen and oxygen atoms in total. The maximum absolute atomic E-state index is 11.9. The number of nitrogens with zero attached hydrogens (tertiary/aromatic N) is 1. The highest BCUT2D eigenvalue weighted by atomic mass is 16.6. The first-order valence-electron chi connectivity index (χ1n) is 9.29. The lowest BCUT2D eigenvalue weighted by Crippen LogP contribution is -2.27. The van der Waals surface area contributed by atoms with Crippen molar-refractivity contribution in [3.05, 3.63) is 54.1 Å². The zero-order valence-corrected chi connectivity index (χ0v) is 17.5. The van der Waals surface area contributed by atoms with Crippen LogP contribution in [0.1, 0.15) is 26.3 Å². The molecule has 2 aromatic rings. The Bertz CT molecular complexity index is 872. The summed E-state index contributed by atoms with van der Waals surface area (Å²) in [6.45, 7) is 5.01. The summed E-state index contributed by atoms with van der Waals surface area (Å²) in [5.41, 5.74) is 2.58. The molecule has 1 N–H and O–H groups in total. The number of para-hydroxylation sites is 2. The van der Waals surface area contributed by atoms with Crippen LogP contribution in [0.4, 0.5) is 0 Å². The molecule has 30 heavy (non-hydrogen) atoms. The molecule has 0 spiro atoms. The molecule has 0 aromatic heterocycles. The number of rotatable bonds is 9. The van der Waals surface area contributed by atoms with Gasteiger partial charge in [0.05, 0.1) is 13.3 Å². The van der Waals surface area contributed by atoms with Crippen molar-refractivity contribution in [1.82, 2.24) is 5.43 Å². The summed E-state index contributed by atoms with van der Waals surface area (Å²) in [6.07, 6.45) is 1.48. The number of hydrogen-bond donors (Lipinski definition) is 1. The van der Waals surface area contributed by atoms with Crippen LogP contribution in [0.3, 0.4) is 0 Å². The molecule has 0 aliphatic heterocycles. The van der Waals surface area contributed by atoms with Gasteiger partial charge in [-0.15, -0.1) is 0 Å². The molecule has 0 saturated carbocycles. The number of hydrazone groups is 1. The minimum atomic E-state index is -0.552. The molecule has 8 heteroatoms. The van der Waals surface area contributed by atoms with Gasteiger partial charge in [-0.1, -0.05) is 12.1 Å². The standard InChI is InChI=1S/C22H26N2O6/c1-22(2,3)30-21(26)15-28-17-11-9-16(10-12-17)13-23-24-20(25)14-29-19-8-6-5-7-18(19)27-4/h5-13H,14-15H2,1-4H3,(H,24,25)/b23-13-. The second-order valence-electron chi connectivity index (χ2n) is 7.18. The first-order valence-corrected chi connectivity index (χ1v) is 9.29. The number of nitrogens with one attached hydrogen (secondary N) is 1. The van der Waals surface area contributed by atoms with E-state index in [9.17, 15) is 9.59 Å². The summed E-state index contributed by atoms with van der Waals surface area (Å²) < 4.78 is 21.1. The third kappa shape index (κ3) is 8.22. The summed E-state index contributed by atoms with van der Waals surface area (Å²) in [4.78, 5) is 23.5. The van der Waals surface area contributed by atoms with Crippen molar-refractivity contribution in [2.45, 2.75) is 26.4 Å². The highest BCUT2D eigenvalue weighted by molar-refractivity contribution is 5.83. The Morgan fingerprint density at radius 3 is 2.27 bits per heavy atom. The number of benzene rings is 2. The van der Waals surface area contributed by atoms with Gasteiger partial charge in [0.2, 0.25) is 0 Å². The van der Waals surface area contributed by atoms with Gasteiger partial charge in [-0.3, -0.25) is 4.79 Å². The number of esters is 1. The third-order valence-corrected chi connectivity index (χ3v) is 3.49. The number of carbonyl (C=O) groups excluding carboxylic acids is 2. The van der Waals surface area contributed by atoms with Gasteiger partial charge in [0, 0.05) is 0 Å². The van der Waals surface area contributed by atoms with E-state index in [1.165, 1.54) is 13.3 Å². The highest BCUT2D eigenvalue weighted by Gasteiger charge is 2.16. The smallest absolute Gasteiger partial charge is 0.344 e. The second-order valence-corrected chi connectivity index (χ2v) is 7.18. The Balaban J connectivity index is 1.75. The number of methoxy groups -OCH3 is 1. The van der Waals surface area contributed by atoms with Crippen LogP contribution >= 0.6 is 0 Å². The van der Waals surface area contributed by atoms with Crippen molar-refractivity contribution in [3.63, 3.8) is 0 Å². The first-order chi connectivity index (χ1) is 14.3. The number of hydrogen-bond acceptors (Lipinski definition) is 7. The quantitative estimate of drug-likeness (QED) is 0.385. The molecule has 160 valence electrons. The Hall–Kier alpha value is -3.55. The first kappa shape index (κ1) is 22.7. The largest absolute Gasteiger partial charge is 0.493 e. The van der Waals surface area contributed by atoms with Crippen molar-refractivity contribution in [2.24, 2.45) is 5.10 Å². The fourth-order valence-electron chi connectivity index (χ4n) is 2.26. The molecule has 0 radical (unpaired) electrons. The topological polar surface area (TPSA) is 95.5 Å². The SMILES string of the molecule is COc1ccccc1OCC(=O)N/N=C\c1ccc(OCC(=O)OC(C)(C)C)cc1. The fraction of sp³-hybridized carbons (Fsp3) is 0.318. The summed E-state index contributed by atoms with van der Waals surface area (Å²) in [5.74, 6) is 0.691. The molecular formula is C22H26N2O6. The van der Waals surface area contributed by atoms with Gasteiger partial charge in [0.15, 0.2) is 24.7 Å². The molecule has 0 fully saturated rings. The van der Waals surface area contributed by atoms with Crippen molar-refractivity contribution in [1.29, 1.82) is 0 Å². The van der Waals surface area contributed by atoms with Crippen LogP contribution in [0, 0.1) is 0 Å². The summed E-state index contributed by atoms with van der Waals surface area (Å²) in [6, 6.07) is 13.9. The molecule has 0 aliphatic rings. The van der Waals surface area contributed by atoms with E-state index in [0.717, 1.165) is 5.56 Å². The van der Waals surface area contributed by atoms with Gasteiger partial charge in [0.25, 0.3) is 5.91 Å². The molecule has 0 heterocycles. The molecular weight excluding hydrogens is 388 g/mol. The average Bonchev–Trinajstić information content (AvgIpc) is 2.70. The summed E-state index contributed by atoms with van der Waals surface area (Å²) in [7, 11) is 1.53. The number of ether oxygens (including phenoxy) is 4. The van der Waals surface area contributed by atoms with E-state index in [1.807, 2.05) is 6.07 Å². The Kier molecular flexibility index (Phi) is 8.22. The molecule has 0 unspecified atom stereocenters. The van der Waals surface area contributed by atoms with Crippen molar-refractivity contribution >= 4 is 18.1 Å². The molecule has 0 aliphatic carbocycles. The van der Waals surface area contributed by atoms with Gasteiger partial charge in [-0.2, -0.15) is 5.10 Å². The molecule has 0 bridgehead atoms. The lowest BCUT2D eigenvalue weighted by molar-refractivity contribution is -0.157. The predicted molar refractivity (Wildman–Crippen MR) is 112 cm³/mol. The fourth-order valence-corrected chi connectivity index (χ4v) is 2.26.